The third kappa shape index (κ3) is 0.630. The lowest BCUT2D eigenvalue weighted by Gasteiger charge is -1.97. The Morgan fingerprint density at radius 2 is 2.50 bits per heavy atom. The van der Waals surface area contributed by atoms with Gasteiger partial charge in [0.25, 0.3) is 0 Å². The average Bonchev–Trinajstić information content (AvgIpc) is 2.44. The van der Waals surface area contributed by atoms with E-state index in [4.69, 9.17) is 0 Å². The molecule has 2 rings (SSSR count). The first-order valence-electron chi connectivity index (χ1n) is 3.77. The molecule has 0 amide bonds. The highest BCUT2D eigenvalue weighted by atomic mass is 14.2. The molecule has 0 N–H and O–H groups in total. The van der Waals surface area contributed by atoms with Crippen LogP contribution in [-0.2, 0) is 0 Å². The Hall–Kier alpha value is -1.00. The zero-order valence-corrected chi connectivity index (χ0v) is 6.15. The van der Waals surface area contributed by atoms with Crippen molar-refractivity contribution in [1.82, 2.24) is 0 Å². The van der Waals surface area contributed by atoms with Crippen molar-refractivity contribution in [2.45, 2.75) is 19.8 Å². The number of allylic oxidation sites excluding steroid dienone is 5. The lowest BCUT2D eigenvalue weighted by molar-refractivity contribution is 1.14. The maximum Gasteiger partial charge on any atom is 0.00528 e. The highest BCUT2D eigenvalue weighted by Crippen LogP contribution is 2.33. The van der Waals surface area contributed by atoms with Crippen molar-refractivity contribution in [1.29, 1.82) is 0 Å². The van der Waals surface area contributed by atoms with Gasteiger partial charge < -0.3 is 0 Å². The fourth-order valence-electron chi connectivity index (χ4n) is 1.54. The van der Waals surface area contributed by atoms with Crippen molar-refractivity contribution in [2.24, 2.45) is 0 Å². The van der Waals surface area contributed by atoms with Gasteiger partial charge in [-0.25, -0.2) is 0 Å². The van der Waals surface area contributed by atoms with Crippen molar-refractivity contribution < 1.29 is 0 Å². The molecule has 0 unspecified atom stereocenters. The molecule has 0 spiro atoms. The summed E-state index contributed by atoms with van der Waals surface area (Å²) in [4.78, 5) is 0. The summed E-state index contributed by atoms with van der Waals surface area (Å²) in [5, 5.41) is 0. The summed E-state index contributed by atoms with van der Waals surface area (Å²) < 4.78 is 0. The molecule has 50 valence electrons. The van der Waals surface area contributed by atoms with Crippen molar-refractivity contribution in [3.05, 3.63) is 40.7 Å². The van der Waals surface area contributed by atoms with Gasteiger partial charge >= 0.3 is 0 Å². The van der Waals surface area contributed by atoms with Crippen LogP contribution in [0.15, 0.2) is 40.7 Å². The summed E-state index contributed by atoms with van der Waals surface area (Å²) in [5.74, 6) is 0. The number of hydrogen-bond acceptors (Lipinski definition) is 0. The molecule has 0 heterocycles. The van der Waals surface area contributed by atoms with Crippen LogP contribution in [-0.4, -0.2) is 0 Å². The number of hydrogen-bond donors (Lipinski definition) is 0. The summed E-state index contributed by atoms with van der Waals surface area (Å²) >= 11 is 0. The molecule has 0 radical (unpaired) electrons. The van der Waals surface area contributed by atoms with Crippen LogP contribution >= 0.6 is 0 Å². The minimum absolute atomic E-state index is 1.10. The van der Waals surface area contributed by atoms with Gasteiger partial charge in [-0.05, 0) is 36.1 Å². The van der Waals surface area contributed by atoms with Gasteiger partial charge in [-0.2, -0.15) is 0 Å². The van der Waals surface area contributed by atoms with Crippen LogP contribution in [0.4, 0.5) is 0 Å². The van der Waals surface area contributed by atoms with Crippen LogP contribution in [0.25, 0.3) is 0 Å². The molecule has 0 aromatic rings. The van der Waals surface area contributed by atoms with Crippen LogP contribution in [0, 0.1) is 0 Å². The van der Waals surface area contributed by atoms with E-state index in [1.807, 2.05) is 6.08 Å². The molecule has 0 saturated carbocycles. The van der Waals surface area contributed by atoms with Gasteiger partial charge in [0.15, 0.2) is 0 Å². The minimum Gasteiger partial charge on any atom is -0.116 e. The zero-order valence-electron chi connectivity index (χ0n) is 6.15. The van der Waals surface area contributed by atoms with E-state index in [9.17, 15) is 0 Å². The van der Waals surface area contributed by atoms with Crippen molar-refractivity contribution >= 4 is 0 Å². The highest BCUT2D eigenvalue weighted by molar-refractivity contribution is 5.57. The molecule has 0 saturated heterocycles. The molecule has 0 nitrogen and oxygen atoms in total. The second-order valence-electron chi connectivity index (χ2n) is 2.66. The third-order valence-corrected chi connectivity index (χ3v) is 2.11. The predicted octanol–water partition coefficient (Wildman–Crippen LogP) is 2.75. The van der Waals surface area contributed by atoms with Crippen molar-refractivity contribution in [3.63, 3.8) is 0 Å². The van der Waals surface area contributed by atoms with Crippen LogP contribution < -0.4 is 0 Å². The van der Waals surface area contributed by atoms with Gasteiger partial charge in [0, 0.05) is 5.57 Å². The van der Waals surface area contributed by atoms with Gasteiger partial charge in [-0.15, -0.1) is 5.73 Å². The molecule has 0 aromatic heterocycles. The maximum absolute atomic E-state index is 3.23. The number of rotatable bonds is 1. The molecule has 0 aliphatic heterocycles. The van der Waals surface area contributed by atoms with Crippen LogP contribution in [0.2, 0.25) is 0 Å². The van der Waals surface area contributed by atoms with Gasteiger partial charge in [0.05, 0.1) is 0 Å². The molecule has 0 atom stereocenters. The molecule has 2 aliphatic rings. The van der Waals surface area contributed by atoms with Gasteiger partial charge in [0.1, 0.15) is 0 Å². The van der Waals surface area contributed by atoms with Crippen molar-refractivity contribution in [3.8, 4) is 0 Å². The monoisotopic (exact) mass is 130 g/mol. The molecule has 0 aromatic carbocycles. The first-order valence-corrected chi connectivity index (χ1v) is 3.77. The van der Waals surface area contributed by atoms with E-state index in [1.165, 1.54) is 16.7 Å². The molecule has 0 bridgehead atoms. The van der Waals surface area contributed by atoms with Crippen LogP contribution in [0.1, 0.15) is 19.8 Å². The van der Waals surface area contributed by atoms with E-state index < -0.39 is 0 Å². The zero-order chi connectivity index (χ0) is 6.97. The fourth-order valence-corrected chi connectivity index (χ4v) is 1.54. The molecular formula is C10H10. The fraction of sp³-hybridized carbons (Fsp3) is 0.300. The SMILES string of the molecule is CCC1=CCC2=C=CC=C21. The lowest BCUT2D eigenvalue weighted by Crippen LogP contribution is -1.79. The molecule has 0 heteroatoms. The topological polar surface area (TPSA) is 0 Å². The molecule has 2 aliphatic carbocycles. The Morgan fingerprint density at radius 3 is 3.30 bits per heavy atom. The van der Waals surface area contributed by atoms with E-state index in [1.54, 1.807) is 0 Å². The normalized spacial score (nSPS) is 20.3. The second-order valence-corrected chi connectivity index (χ2v) is 2.66. The summed E-state index contributed by atoms with van der Waals surface area (Å²) in [6.07, 6.45) is 8.75. The predicted molar refractivity (Wildman–Crippen MR) is 42.7 cm³/mol. The van der Waals surface area contributed by atoms with E-state index in [-0.39, 0.29) is 0 Å². The Morgan fingerprint density at radius 1 is 1.60 bits per heavy atom. The van der Waals surface area contributed by atoms with Crippen LogP contribution in [0.5, 0.6) is 0 Å². The van der Waals surface area contributed by atoms with E-state index in [0.29, 0.717) is 0 Å². The van der Waals surface area contributed by atoms with E-state index >= 15 is 0 Å². The average molecular weight is 130 g/mol. The Bertz CT molecular complexity index is 281. The summed E-state index contributed by atoms with van der Waals surface area (Å²) in [6, 6.07) is 0. The quantitative estimate of drug-likeness (QED) is 0.479. The van der Waals surface area contributed by atoms with Gasteiger partial charge in [-0.1, -0.05) is 13.0 Å². The first-order chi connectivity index (χ1) is 4.92. The summed E-state index contributed by atoms with van der Waals surface area (Å²) in [5.41, 5.74) is 7.55. The first kappa shape index (κ1) is 5.76. The summed E-state index contributed by atoms with van der Waals surface area (Å²) in [6.45, 7) is 2.20. The standard InChI is InChI=1S/C10H10/c1-2-8-6-7-9-4-3-5-10(8)9/h3,5-6H,2,7H2,1H3. The summed E-state index contributed by atoms with van der Waals surface area (Å²) in [7, 11) is 0. The Balaban J connectivity index is 2.39. The minimum atomic E-state index is 1.10. The Kier molecular flexibility index (Phi) is 1.15. The molecule has 10 heavy (non-hydrogen) atoms. The molecular weight excluding hydrogens is 120 g/mol. The van der Waals surface area contributed by atoms with Gasteiger partial charge in [-0.3, -0.25) is 0 Å². The van der Waals surface area contributed by atoms with Crippen LogP contribution in [0.3, 0.4) is 0 Å². The lowest BCUT2D eigenvalue weighted by atomic mass is 10.1. The second kappa shape index (κ2) is 2.00. The number of fused-ring (bicyclic) bond motifs is 1. The maximum atomic E-state index is 3.23. The largest absolute Gasteiger partial charge is 0.116 e. The smallest absolute Gasteiger partial charge is 0.00528 e. The highest BCUT2D eigenvalue weighted by Gasteiger charge is 2.15. The third-order valence-electron chi connectivity index (χ3n) is 2.11. The van der Waals surface area contributed by atoms with Crippen molar-refractivity contribution in [2.75, 3.05) is 0 Å². The Labute approximate surface area is 61.3 Å². The van der Waals surface area contributed by atoms with Gasteiger partial charge in [0.2, 0.25) is 0 Å². The molecule has 0 fully saturated rings. The van der Waals surface area contributed by atoms with E-state index in [0.717, 1.165) is 12.8 Å². The van der Waals surface area contributed by atoms with E-state index in [2.05, 4.69) is 24.8 Å².